The predicted molar refractivity (Wildman–Crippen MR) is 220 cm³/mol. The predicted octanol–water partition coefficient (Wildman–Crippen LogP) is -1.86. The molecule has 0 saturated carbocycles. The lowest BCUT2D eigenvalue weighted by Crippen LogP contribution is -2.60. The number of carbonyl (C=O) groups is 10. The topological polar surface area (TPSA) is 324 Å². The zero-order valence-corrected chi connectivity index (χ0v) is 36.2. The fourth-order valence-electron chi connectivity index (χ4n) is 6.91. The summed E-state index contributed by atoms with van der Waals surface area (Å²) in [5.41, 5.74) is 5.72. The zero-order chi connectivity index (χ0) is 45.4. The average Bonchev–Trinajstić information content (AvgIpc) is 3.86. The van der Waals surface area contributed by atoms with E-state index in [-0.39, 0.29) is 50.4 Å². The molecule has 21 nitrogen and oxygen atoms in total. The normalized spacial score (nSPS) is 19.4. The standard InChI is InChI=1S/C37H60N8O13S2/c1-18(2)14-23(36(56)45-12-6-8-25(45)32(52)40-22(16-28(48)49)31(51)42-24(17-59)37(57)58)41-34(54)29(19(3)4)43-33(53)26-9-7-11-44(26)35(55)21(10-13-60-5)39-30(50)20(38)15-27(46)47/h18-26,29,59H,6-17,38H2,1-5H3,(H,39,50)(H,40,52)(H,41,54)(H,42,51)(H,43,53)(H,46,47)(H,48,49)(H,57,58)/t20-,21-,22-,23-,24-,25-,26-,29-/m0/s1. The first-order valence-electron chi connectivity index (χ1n) is 19.8. The average molecular weight is 889 g/mol. The summed E-state index contributed by atoms with van der Waals surface area (Å²) in [5.74, 6) is -9.95. The molecule has 0 aromatic carbocycles. The lowest BCUT2D eigenvalue weighted by Gasteiger charge is -2.33. The summed E-state index contributed by atoms with van der Waals surface area (Å²) in [6, 6.07) is -10.2. The van der Waals surface area contributed by atoms with Crippen molar-refractivity contribution >= 4 is 83.6 Å². The molecule has 23 heteroatoms. The van der Waals surface area contributed by atoms with Crippen LogP contribution in [0.2, 0.25) is 0 Å². The highest BCUT2D eigenvalue weighted by Crippen LogP contribution is 2.23. The number of carbonyl (C=O) groups excluding carboxylic acids is 7. The van der Waals surface area contributed by atoms with Crippen LogP contribution in [0.4, 0.5) is 0 Å². The molecule has 2 fully saturated rings. The van der Waals surface area contributed by atoms with Gasteiger partial charge in [-0.25, -0.2) is 4.79 Å². The van der Waals surface area contributed by atoms with Crippen molar-refractivity contribution in [3.8, 4) is 0 Å². The van der Waals surface area contributed by atoms with Crippen molar-refractivity contribution in [1.29, 1.82) is 0 Å². The molecule has 338 valence electrons. The van der Waals surface area contributed by atoms with Crippen LogP contribution in [0.15, 0.2) is 0 Å². The number of nitrogens with two attached hydrogens (primary N) is 1. The van der Waals surface area contributed by atoms with Crippen LogP contribution in [0, 0.1) is 11.8 Å². The second-order valence-electron chi connectivity index (χ2n) is 15.6. The van der Waals surface area contributed by atoms with Crippen LogP contribution in [0.25, 0.3) is 0 Å². The molecule has 0 bridgehead atoms. The van der Waals surface area contributed by atoms with E-state index in [0.29, 0.717) is 18.6 Å². The number of thioether (sulfide) groups is 1. The molecule has 10 N–H and O–H groups in total. The third-order valence-electron chi connectivity index (χ3n) is 10.0. The van der Waals surface area contributed by atoms with Gasteiger partial charge in [0.2, 0.25) is 41.4 Å². The van der Waals surface area contributed by atoms with E-state index in [1.165, 1.54) is 21.6 Å². The highest BCUT2D eigenvalue weighted by molar-refractivity contribution is 7.98. The number of likely N-dealkylation sites (tertiary alicyclic amines) is 2. The number of amides is 7. The number of aliphatic carboxylic acids is 3. The van der Waals surface area contributed by atoms with Crippen molar-refractivity contribution in [3.63, 3.8) is 0 Å². The van der Waals surface area contributed by atoms with E-state index in [1.54, 1.807) is 20.1 Å². The molecule has 0 radical (unpaired) electrons. The molecule has 0 spiro atoms. The highest BCUT2D eigenvalue weighted by Gasteiger charge is 2.42. The Morgan fingerprint density at radius 2 is 1.18 bits per heavy atom. The van der Waals surface area contributed by atoms with Gasteiger partial charge in [-0.1, -0.05) is 27.7 Å². The van der Waals surface area contributed by atoms with E-state index in [2.05, 4.69) is 39.2 Å². The van der Waals surface area contributed by atoms with Gasteiger partial charge in [-0.2, -0.15) is 24.4 Å². The van der Waals surface area contributed by atoms with Crippen LogP contribution in [-0.4, -0.2) is 164 Å². The SMILES string of the molecule is CSCC[C@H](NC(=O)[C@@H](N)CC(=O)O)C(=O)N1CCC[C@H]1C(=O)N[C@H](C(=O)N[C@@H](CC(C)C)C(=O)N1CCC[C@H]1C(=O)N[C@@H](CC(=O)O)C(=O)N[C@@H](CS)C(=O)O)C(C)C. The van der Waals surface area contributed by atoms with Crippen molar-refractivity contribution in [2.45, 2.75) is 127 Å². The molecule has 2 rings (SSSR count). The maximum atomic E-state index is 14.1. The smallest absolute Gasteiger partial charge is 0.327 e. The molecule has 2 aliphatic heterocycles. The molecular formula is C37H60N8O13S2. The molecule has 0 unspecified atom stereocenters. The van der Waals surface area contributed by atoms with Crippen LogP contribution in [0.5, 0.6) is 0 Å². The molecule has 2 saturated heterocycles. The lowest BCUT2D eigenvalue weighted by atomic mass is 9.99. The number of hydrogen-bond acceptors (Lipinski definition) is 13. The van der Waals surface area contributed by atoms with E-state index in [9.17, 15) is 58.2 Å². The van der Waals surface area contributed by atoms with Crippen molar-refractivity contribution in [1.82, 2.24) is 36.4 Å². The van der Waals surface area contributed by atoms with E-state index in [1.807, 2.05) is 13.8 Å². The third-order valence-corrected chi connectivity index (χ3v) is 11.0. The summed E-state index contributed by atoms with van der Waals surface area (Å²) in [7, 11) is 0. The molecule has 8 atom stereocenters. The molecular weight excluding hydrogens is 829 g/mol. The van der Waals surface area contributed by atoms with Gasteiger partial charge in [-0.05, 0) is 62.4 Å². The Balaban J connectivity index is 2.25. The van der Waals surface area contributed by atoms with Gasteiger partial charge in [0.25, 0.3) is 0 Å². The minimum Gasteiger partial charge on any atom is -0.481 e. The monoisotopic (exact) mass is 888 g/mol. The molecule has 0 aliphatic carbocycles. The number of carboxylic acids is 3. The number of carboxylic acid groups (broad SMARTS) is 3. The van der Waals surface area contributed by atoms with Gasteiger partial charge in [-0.3, -0.25) is 43.2 Å². The number of rotatable bonds is 24. The van der Waals surface area contributed by atoms with Gasteiger partial charge in [0.05, 0.1) is 18.9 Å². The first-order chi connectivity index (χ1) is 28.1. The van der Waals surface area contributed by atoms with Crippen LogP contribution in [0.1, 0.15) is 79.1 Å². The van der Waals surface area contributed by atoms with Gasteiger partial charge in [-0.15, -0.1) is 0 Å². The Morgan fingerprint density at radius 1 is 0.683 bits per heavy atom. The number of nitrogens with zero attached hydrogens (tertiary/aromatic N) is 2. The van der Waals surface area contributed by atoms with Crippen molar-refractivity contribution in [2.75, 3.05) is 30.9 Å². The Hall–Kier alpha value is -4.64. The highest BCUT2D eigenvalue weighted by atomic mass is 32.2. The van der Waals surface area contributed by atoms with Gasteiger partial charge >= 0.3 is 17.9 Å². The first-order valence-corrected chi connectivity index (χ1v) is 21.8. The van der Waals surface area contributed by atoms with Crippen molar-refractivity contribution in [2.24, 2.45) is 17.6 Å². The van der Waals surface area contributed by atoms with E-state index in [4.69, 9.17) is 10.8 Å². The lowest BCUT2D eigenvalue weighted by molar-refractivity contribution is -0.145. The van der Waals surface area contributed by atoms with Crippen molar-refractivity contribution < 1.29 is 63.3 Å². The maximum absolute atomic E-state index is 14.1. The van der Waals surface area contributed by atoms with Gasteiger partial charge in [0, 0.05) is 18.8 Å². The van der Waals surface area contributed by atoms with Crippen molar-refractivity contribution in [3.05, 3.63) is 0 Å². The summed E-state index contributed by atoms with van der Waals surface area (Å²) in [4.78, 5) is 131. The zero-order valence-electron chi connectivity index (χ0n) is 34.5. The Labute approximate surface area is 358 Å². The van der Waals surface area contributed by atoms with Crippen LogP contribution in [0.3, 0.4) is 0 Å². The maximum Gasteiger partial charge on any atom is 0.327 e. The quantitative estimate of drug-likeness (QED) is 0.0475. The van der Waals surface area contributed by atoms with Crippen LogP contribution in [-0.2, 0) is 47.9 Å². The van der Waals surface area contributed by atoms with Gasteiger partial charge in [0.15, 0.2) is 0 Å². The number of thiol groups is 1. The van der Waals surface area contributed by atoms with Gasteiger partial charge in [0.1, 0.15) is 42.3 Å². The molecule has 0 aromatic heterocycles. The summed E-state index contributed by atoms with van der Waals surface area (Å²) < 4.78 is 0. The fraction of sp³-hybridized carbons (Fsp3) is 0.730. The fourth-order valence-corrected chi connectivity index (χ4v) is 7.63. The van der Waals surface area contributed by atoms with E-state index >= 15 is 0 Å². The summed E-state index contributed by atoms with van der Waals surface area (Å²) in [6.45, 7) is 7.25. The molecule has 60 heavy (non-hydrogen) atoms. The van der Waals surface area contributed by atoms with Crippen LogP contribution >= 0.6 is 24.4 Å². The minimum atomic E-state index is -1.68. The molecule has 2 heterocycles. The summed E-state index contributed by atoms with van der Waals surface area (Å²) in [6.07, 6.45) is 1.79. The Morgan fingerprint density at radius 3 is 1.65 bits per heavy atom. The second-order valence-corrected chi connectivity index (χ2v) is 16.9. The van der Waals surface area contributed by atoms with E-state index in [0.717, 1.165) is 0 Å². The number of hydrogen-bond donors (Lipinski definition) is 10. The summed E-state index contributed by atoms with van der Waals surface area (Å²) in [5, 5.41) is 40.2. The summed E-state index contributed by atoms with van der Waals surface area (Å²) >= 11 is 5.30. The molecule has 0 aromatic rings. The molecule has 7 amide bonds. The second kappa shape index (κ2) is 24.6. The Bertz CT molecular complexity index is 1600. The first kappa shape index (κ1) is 51.5. The third kappa shape index (κ3) is 15.4. The van der Waals surface area contributed by atoms with E-state index < -0.39 is 126 Å². The molecule has 2 aliphatic rings. The Kier molecular flexibility index (Phi) is 21.1. The van der Waals surface area contributed by atoms with Crippen LogP contribution < -0.4 is 32.3 Å². The van der Waals surface area contributed by atoms with Gasteiger partial charge < -0.3 is 57.4 Å². The largest absolute Gasteiger partial charge is 0.481 e. The number of nitrogens with one attached hydrogen (secondary N) is 5. The minimum absolute atomic E-state index is 0.0949.